The van der Waals surface area contributed by atoms with Crippen molar-refractivity contribution in [2.45, 2.75) is 34.2 Å². The lowest BCUT2D eigenvalue weighted by Crippen LogP contribution is -2.21. The number of anilines is 4. The highest BCUT2D eigenvalue weighted by atomic mass is 15.2. The normalized spacial score (nSPS) is 10.7. The number of aryl methyl sites for hydroxylation is 2. The molecule has 5 heteroatoms. The Morgan fingerprint density at radius 3 is 2.28 bits per heavy atom. The average Bonchev–Trinajstić information content (AvgIpc) is 2.71. The zero-order valence-electron chi connectivity index (χ0n) is 18.1. The number of nitrogens with zero attached hydrogens (tertiary/aromatic N) is 4. The molecular formula is C24H31N5. The fraction of sp³-hybridized carbons (Fsp3) is 0.333. The molecule has 3 aromatic rings. The van der Waals surface area contributed by atoms with Crippen LogP contribution in [0.4, 0.5) is 23.1 Å². The van der Waals surface area contributed by atoms with Crippen molar-refractivity contribution in [2.75, 3.05) is 35.3 Å². The highest BCUT2D eigenvalue weighted by Crippen LogP contribution is 2.26. The Labute approximate surface area is 174 Å². The number of benzene rings is 2. The molecule has 0 bridgehead atoms. The van der Waals surface area contributed by atoms with Gasteiger partial charge in [-0.15, -0.1) is 0 Å². The van der Waals surface area contributed by atoms with Crippen LogP contribution in [0.3, 0.4) is 0 Å². The number of aromatic nitrogens is 2. The summed E-state index contributed by atoms with van der Waals surface area (Å²) < 4.78 is 0. The van der Waals surface area contributed by atoms with Crippen LogP contribution in [0.15, 0.2) is 54.6 Å². The fourth-order valence-electron chi connectivity index (χ4n) is 3.43. The molecule has 0 amide bonds. The first-order valence-corrected chi connectivity index (χ1v) is 10.2. The SMILES string of the molecule is CCN(CC)c1ccc(Nc2cc(C)nc(N(C)Cc3ccccc3)n2)c(C)c1. The third-order valence-corrected chi connectivity index (χ3v) is 5.05. The maximum Gasteiger partial charge on any atom is 0.227 e. The highest BCUT2D eigenvalue weighted by Gasteiger charge is 2.10. The minimum Gasteiger partial charge on any atom is -0.372 e. The van der Waals surface area contributed by atoms with Crippen molar-refractivity contribution in [3.05, 3.63) is 71.4 Å². The zero-order valence-corrected chi connectivity index (χ0v) is 18.1. The maximum atomic E-state index is 4.75. The summed E-state index contributed by atoms with van der Waals surface area (Å²) in [5.41, 5.74) is 5.69. The molecule has 0 aliphatic heterocycles. The predicted octanol–water partition coefficient (Wildman–Crippen LogP) is 5.32. The lowest BCUT2D eigenvalue weighted by molar-refractivity contribution is 0.861. The first-order valence-electron chi connectivity index (χ1n) is 10.2. The number of rotatable bonds is 8. The molecule has 0 atom stereocenters. The maximum absolute atomic E-state index is 4.75. The van der Waals surface area contributed by atoms with Crippen LogP contribution in [-0.2, 0) is 6.54 Å². The van der Waals surface area contributed by atoms with Crippen LogP contribution < -0.4 is 15.1 Å². The standard InChI is InChI=1S/C24H31N5/c1-6-29(7-2)21-13-14-22(18(3)15-21)26-23-16-19(4)25-24(27-23)28(5)17-20-11-9-8-10-12-20/h8-16H,6-7,17H2,1-5H3,(H,25,26,27). The lowest BCUT2D eigenvalue weighted by atomic mass is 10.1. The topological polar surface area (TPSA) is 44.3 Å². The van der Waals surface area contributed by atoms with E-state index < -0.39 is 0 Å². The Balaban J connectivity index is 1.79. The van der Waals surface area contributed by atoms with Gasteiger partial charge < -0.3 is 15.1 Å². The number of hydrogen-bond donors (Lipinski definition) is 1. The summed E-state index contributed by atoms with van der Waals surface area (Å²) in [6.45, 7) is 11.3. The van der Waals surface area contributed by atoms with E-state index in [1.807, 2.05) is 26.1 Å². The summed E-state index contributed by atoms with van der Waals surface area (Å²) >= 11 is 0. The Morgan fingerprint density at radius 2 is 1.62 bits per heavy atom. The molecule has 29 heavy (non-hydrogen) atoms. The van der Waals surface area contributed by atoms with E-state index >= 15 is 0 Å². The molecular weight excluding hydrogens is 358 g/mol. The van der Waals surface area contributed by atoms with Gasteiger partial charge in [-0.25, -0.2) is 4.98 Å². The summed E-state index contributed by atoms with van der Waals surface area (Å²) in [7, 11) is 2.02. The monoisotopic (exact) mass is 389 g/mol. The quantitative estimate of drug-likeness (QED) is 0.565. The van der Waals surface area contributed by atoms with E-state index in [4.69, 9.17) is 4.98 Å². The molecule has 0 saturated heterocycles. The second-order valence-corrected chi connectivity index (χ2v) is 7.33. The van der Waals surface area contributed by atoms with Gasteiger partial charge in [-0.05, 0) is 57.0 Å². The Bertz CT molecular complexity index is 935. The van der Waals surface area contributed by atoms with Crippen LogP contribution in [0.25, 0.3) is 0 Å². The molecule has 0 saturated carbocycles. The van der Waals surface area contributed by atoms with Crippen LogP contribution >= 0.6 is 0 Å². The van der Waals surface area contributed by atoms with Crippen molar-refractivity contribution in [2.24, 2.45) is 0 Å². The van der Waals surface area contributed by atoms with Gasteiger partial charge in [0, 0.05) is 49.8 Å². The van der Waals surface area contributed by atoms with Crippen molar-refractivity contribution in [3.8, 4) is 0 Å². The molecule has 0 aliphatic rings. The largest absolute Gasteiger partial charge is 0.372 e. The van der Waals surface area contributed by atoms with E-state index in [0.29, 0.717) is 5.95 Å². The van der Waals surface area contributed by atoms with Crippen molar-refractivity contribution < 1.29 is 0 Å². The highest BCUT2D eigenvalue weighted by molar-refractivity contribution is 5.66. The Kier molecular flexibility index (Phi) is 6.70. The predicted molar refractivity (Wildman–Crippen MR) is 123 cm³/mol. The second kappa shape index (κ2) is 9.41. The minimum absolute atomic E-state index is 0.716. The van der Waals surface area contributed by atoms with Gasteiger partial charge in [0.05, 0.1) is 0 Å². The van der Waals surface area contributed by atoms with Gasteiger partial charge in [0.25, 0.3) is 0 Å². The van der Waals surface area contributed by atoms with Gasteiger partial charge in [0.1, 0.15) is 5.82 Å². The molecule has 2 aromatic carbocycles. The average molecular weight is 390 g/mol. The first kappa shape index (κ1) is 20.6. The van der Waals surface area contributed by atoms with Gasteiger partial charge in [-0.2, -0.15) is 4.98 Å². The van der Waals surface area contributed by atoms with Crippen molar-refractivity contribution >= 4 is 23.1 Å². The van der Waals surface area contributed by atoms with Crippen LogP contribution in [0, 0.1) is 13.8 Å². The minimum atomic E-state index is 0.716. The summed E-state index contributed by atoms with van der Waals surface area (Å²) in [4.78, 5) is 13.8. The van der Waals surface area contributed by atoms with Gasteiger partial charge in [-0.3, -0.25) is 0 Å². The molecule has 152 valence electrons. The van der Waals surface area contributed by atoms with Crippen LogP contribution in [0.2, 0.25) is 0 Å². The van der Waals surface area contributed by atoms with Crippen molar-refractivity contribution in [3.63, 3.8) is 0 Å². The summed E-state index contributed by atoms with van der Waals surface area (Å²) in [5, 5.41) is 3.48. The Hall–Kier alpha value is -3.08. The van der Waals surface area contributed by atoms with E-state index in [-0.39, 0.29) is 0 Å². The van der Waals surface area contributed by atoms with Crippen LogP contribution in [-0.4, -0.2) is 30.1 Å². The smallest absolute Gasteiger partial charge is 0.227 e. The van der Waals surface area contributed by atoms with Gasteiger partial charge in [-0.1, -0.05) is 30.3 Å². The molecule has 5 nitrogen and oxygen atoms in total. The van der Waals surface area contributed by atoms with Crippen molar-refractivity contribution in [1.29, 1.82) is 0 Å². The Morgan fingerprint density at radius 1 is 0.897 bits per heavy atom. The van der Waals surface area contributed by atoms with Gasteiger partial charge in [0.15, 0.2) is 0 Å². The molecule has 0 unspecified atom stereocenters. The number of nitrogens with one attached hydrogen (secondary N) is 1. The van der Waals surface area contributed by atoms with Crippen LogP contribution in [0.1, 0.15) is 30.7 Å². The molecule has 1 aromatic heterocycles. The van der Waals surface area contributed by atoms with Crippen molar-refractivity contribution in [1.82, 2.24) is 9.97 Å². The summed E-state index contributed by atoms with van der Waals surface area (Å²) in [6, 6.07) is 18.9. The molecule has 1 N–H and O–H groups in total. The lowest BCUT2D eigenvalue weighted by Gasteiger charge is -2.22. The molecule has 3 rings (SSSR count). The third-order valence-electron chi connectivity index (χ3n) is 5.05. The molecule has 0 spiro atoms. The fourth-order valence-corrected chi connectivity index (χ4v) is 3.43. The third kappa shape index (κ3) is 5.25. The van der Waals surface area contributed by atoms with E-state index in [1.165, 1.54) is 16.8 Å². The second-order valence-electron chi connectivity index (χ2n) is 7.33. The molecule has 0 fully saturated rings. The van der Waals surface area contributed by atoms with E-state index in [9.17, 15) is 0 Å². The first-order chi connectivity index (χ1) is 14.0. The van der Waals surface area contributed by atoms with Crippen LogP contribution in [0.5, 0.6) is 0 Å². The summed E-state index contributed by atoms with van der Waals surface area (Å²) in [6.07, 6.45) is 0. The number of hydrogen-bond acceptors (Lipinski definition) is 5. The van der Waals surface area contributed by atoms with Gasteiger partial charge >= 0.3 is 0 Å². The molecule has 0 aliphatic carbocycles. The van der Waals surface area contributed by atoms with Gasteiger partial charge in [0.2, 0.25) is 5.95 Å². The zero-order chi connectivity index (χ0) is 20.8. The summed E-state index contributed by atoms with van der Waals surface area (Å²) in [5.74, 6) is 1.53. The van der Waals surface area contributed by atoms with E-state index in [0.717, 1.165) is 36.8 Å². The molecule has 1 heterocycles. The van der Waals surface area contributed by atoms with E-state index in [2.05, 4.69) is 83.3 Å². The van der Waals surface area contributed by atoms with E-state index in [1.54, 1.807) is 0 Å². The molecule has 0 radical (unpaired) electrons.